The Morgan fingerprint density at radius 2 is 1.69 bits per heavy atom. The first-order valence-electron chi connectivity index (χ1n) is 5.30. The average molecular weight is 242 g/mol. The summed E-state index contributed by atoms with van der Waals surface area (Å²) >= 11 is 0. The second-order valence-corrected chi connectivity index (χ2v) is 5.96. The van der Waals surface area contributed by atoms with Crippen LogP contribution in [0.15, 0.2) is 17.0 Å². The summed E-state index contributed by atoms with van der Waals surface area (Å²) in [5, 5.41) is 0. The summed E-state index contributed by atoms with van der Waals surface area (Å²) in [6.45, 7) is 6.27. The molecular weight excluding hydrogens is 224 g/mol. The first kappa shape index (κ1) is 13.0. The van der Waals surface area contributed by atoms with E-state index < -0.39 is 9.84 Å². The van der Waals surface area contributed by atoms with E-state index in [0.29, 0.717) is 11.5 Å². The maximum atomic E-state index is 11.6. The molecule has 4 heteroatoms. The second kappa shape index (κ2) is 4.87. The Labute approximate surface area is 97.4 Å². The van der Waals surface area contributed by atoms with Crippen molar-refractivity contribution >= 4 is 9.84 Å². The van der Waals surface area contributed by atoms with Crippen LogP contribution in [-0.4, -0.2) is 21.3 Å². The Morgan fingerprint density at radius 1 is 1.19 bits per heavy atom. The number of sulfone groups is 1. The number of ether oxygens (including phenoxy) is 1. The van der Waals surface area contributed by atoms with Gasteiger partial charge in [0.1, 0.15) is 5.75 Å². The van der Waals surface area contributed by atoms with Crippen molar-refractivity contribution in [2.45, 2.75) is 32.1 Å². The highest BCUT2D eigenvalue weighted by molar-refractivity contribution is 7.90. The summed E-state index contributed by atoms with van der Waals surface area (Å²) in [5.74, 6) is 0.740. The third-order valence-electron chi connectivity index (χ3n) is 2.28. The van der Waals surface area contributed by atoms with E-state index in [1.807, 2.05) is 6.92 Å². The molecule has 0 aliphatic heterocycles. The van der Waals surface area contributed by atoms with E-state index in [1.54, 1.807) is 26.0 Å². The molecule has 0 heterocycles. The van der Waals surface area contributed by atoms with Crippen LogP contribution in [0, 0.1) is 13.8 Å². The number of aryl methyl sites for hydroxylation is 2. The molecule has 3 nitrogen and oxygen atoms in total. The van der Waals surface area contributed by atoms with Crippen molar-refractivity contribution in [3.63, 3.8) is 0 Å². The van der Waals surface area contributed by atoms with Crippen LogP contribution >= 0.6 is 0 Å². The van der Waals surface area contributed by atoms with Crippen molar-refractivity contribution in [1.29, 1.82) is 0 Å². The Bertz CT molecular complexity index is 452. The number of hydrogen-bond donors (Lipinski definition) is 0. The SMILES string of the molecule is CCCOc1cc(C)c(S(C)(=O)=O)c(C)c1. The van der Waals surface area contributed by atoms with Gasteiger partial charge in [0.2, 0.25) is 0 Å². The molecule has 0 fully saturated rings. The van der Waals surface area contributed by atoms with E-state index in [0.717, 1.165) is 23.3 Å². The standard InChI is InChI=1S/C12H18O3S/c1-5-6-15-11-7-9(2)12(10(3)8-11)16(4,13)14/h7-8H,5-6H2,1-4H3. The molecular formula is C12H18O3S. The molecule has 0 amide bonds. The van der Waals surface area contributed by atoms with Crippen LogP contribution < -0.4 is 4.74 Å². The minimum absolute atomic E-state index is 0.413. The molecule has 1 aromatic rings. The largest absolute Gasteiger partial charge is 0.494 e. The molecule has 0 bridgehead atoms. The molecule has 16 heavy (non-hydrogen) atoms. The molecule has 0 radical (unpaired) electrons. The topological polar surface area (TPSA) is 43.4 Å². The summed E-state index contributed by atoms with van der Waals surface area (Å²) in [4.78, 5) is 0.413. The lowest BCUT2D eigenvalue weighted by atomic mass is 10.1. The molecule has 0 atom stereocenters. The molecule has 90 valence electrons. The lowest BCUT2D eigenvalue weighted by Crippen LogP contribution is -2.04. The zero-order valence-corrected chi connectivity index (χ0v) is 11.0. The minimum Gasteiger partial charge on any atom is -0.494 e. The Hall–Kier alpha value is -1.03. The molecule has 0 aliphatic carbocycles. The van der Waals surface area contributed by atoms with Crippen LogP contribution in [0.1, 0.15) is 24.5 Å². The molecule has 0 unspecified atom stereocenters. The molecule has 0 N–H and O–H groups in total. The third-order valence-corrected chi connectivity index (χ3v) is 3.66. The fourth-order valence-electron chi connectivity index (χ4n) is 1.80. The normalized spacial score (nSPS) is 11.5. The average Bonchev–Trinajstić information content (AvgIpc) is 2.11. The second-order valence-electron chi connectivity index (χ2n) is 4.01. The van der Waals surface area contributed by atoms with Crippen LogP contribution in [0.4, 0.5) is 0 Å². The minimum atomic E-state index is -3.16. The number of benzene rings is 1. The summed E-state index contributed by atoms with van der Waals surface area (Å²) in [6.07, 6.45) is 2.17. The zero-order valence-electron chi connectivity index (χ0n) is 10.2. The molecule has 0 saturated heterocycles. The Kier molecular flexibility index (Phi) is 3.97. The smallest absolute Gasteiger partial charge is 0.176 e. The molecule has 1 rings (SSSR count). The number of hydrogen-bond acceptors (Lipinski definition) is 3. The molecule has 0 saturated carbocycles. The first-order chi connectivity index (χ1) is 7.36. The predicted molar refractivity (Wildman–Crippen MR) is 64.8 cm³/mol. The van der Waals surface area contributed by atoms with Gasteiger partial charge in [-0.2, -0.15) is 0 Å². The summed E-state index contributed by atoms with van der Waals surface area (Å²) < 4.78 is 28.6. The van der Waals surface area contributed by atoms with Gasteiger partial charge in [-0.3, -0.25) is 0 Å². The first-order valence-corrected chi connectivity index (χ1v) is 7.19. The van der Waals surface area contributed by atoms with Crippen LogP contribution in [-0.2, 0) is 9.84 Å². The van der Waals surface area contributed by atoms with Crippen molar-refractivity contribution in [2.24, 2.45) is 0 Å². The van der Waals surface area contributed by atoms with Gasteiger partial charge in [0, 0.05) is 6.26 Å². The van der Waals surface area contributed by atoms with E-state index in [2.05, 4.69) is 0 Å². The van der Waals surface area contributed by atoms with Gasteiger partial charge in [-0.05, 0) is 43.5 Å². The highest BCUT2D eigenvalue weighted by Gasteiger charge is 2.15. The Balaban J connectivity index is 3.18. The summed E-state index contributed by atoms with van der Waals surface area (Å²) in [6, 6.07) is 3.55. The van der Waals surface area contributed by atoms with Crippen molar-refractivity contribution in [2.75, 3.05) is 12.9 Å². The molecule has 0 spiro atoms. The van der Waals surface area contributed by atoms with E-state index in [1.165, 1.54) is 6.26 Å². The highest BCUT2D eigenvalue weighted by atomic mass is 32.2. The lowest BCUT2D eigenvalue weighted by Gasteiger charge is -2.11. The number of rotatable bonds is 4. The Morgan fingerprint density at radius 3 is 2.06 bits per heavy atom. The zero-order chi connectivity index (χ0) is 12.3. The van der Waals surface area contributed by atoms with Gasteiger partial charge >= 0.3 is 0 Å². The van der Waals surface area contributed by atoms with Gasteiger partial charge in [0.15, 0.2) is 9.84 Å². The molecule has 1 aromatic carbocycles. The molecule has 0 aliphatic rings. The van der Waals surface area contributed by atoms with Crippen molar-refractivity contribution < 1.29 is 13.2 Å². The quantitative estimate of drug-likeness (QED) is 0.814. The fourth-order valence-corrected chi connectivity index (χ4v) is 3.09. The molecule has 0 aromatic heterocycles. The monoisotopic (exact) mass is 242 g/mol. The van der Waals surface area contributed by atoms with E-state index in [9.17, 15) is 8.42 Å². The van der Waals surface area contributed by atoms with E-state index in [4.69, 9.17) is 4.74 Å². The maximum Gasteiger partial charge on any atom is 0.176 e. The van der Waals surface area contributed by atoms with Crippen LogP contribution in [0.5, 0.6) is 5.75 Å². The van der Waals surface area contributed by atoms with Crippen LogP contribution in [0.2, 0.25) is 0 Å². The third kappa shape index (κ3) is 2.98. The maximum absolute atomic E-state index is 11.6. The summed E-state index contributed by atoms with van der Waals surface area (Å²) in [5.41, 5.74) is 1.49. The van der Waals surface area contributed by atoms with Gasteiger partial charge < -0.3 is 4.74 Å². The van der Waals surface area contributed by atoms with Gasteiger partial charge in [-0.15, -0.1) is 0 Å². The van der Waals surface area contributed by atoms with E-state index in [-0.39, 0.29) is 0 Å². The van der Waals surface area contributed by atoms with Crippen LogP contribution in [0.3, 0.4) is 0 Å². The summed E-state index contributed by atoms with van der Waals surface area (Å²) in [7, 11) is -3.16. The van der Waals surface area contributed by atoms with Gasteiger partial charge in [-0.25, -0.2) is 8.42 Å². The van der Waals surface area contributed by atoms with E-state index >= 15 is 0 Å². The van der Waals surface area contributed by atoms with Crippen molar-refractivity contribution in [3.05, 3.63) is 23.3 Å². The van der Waals surface area contributed by atoms with Crippen molar-refractivity contribution in [1.82, 2.24) is 0 Å². The lowest BCUT2D eigenvalue weighted by molar-refractivity contribution is 0.317. The van der Waals surface area contributed by atoms with Gasteiger partial charge in [0.25, 0.3) is 0 Å². The fraction of sp³-hybridized carbons (Fsp3) is 0.500. The van der Waals surface area contributed by atoms with Crippen LogP contribution in [0.25, 0.3) is 0 Å². The van der Waals surface area contributed by atoms with Gasteiger partial charge in [0.05, 0.1) is 11.5 Å². The van der Waals surface area contributed by atoms with Crippen molar-refractivity contribution in [3.8, 4) is 5.75 Å². The highest BCUT2D eigenvalue weighted by Crippen LogP contribution is 2.25. The predicted octanol–water partition coefficient (Wildman–Crippen LogP) is 2.50. The van der Waals surface area contributed by atoms with Gasteiger partial charge in [-0.1, -0.05) is 6.92 Å².